The van der Waals surface area contributed by atoms with Gasteiger partial charge in [0.25, 0.3) is 5.69 Å². The number of non-ortho nitro benzene ring substituents is 1. The summed E-state index contributed by atoms with van der Waals surface area (Å²) in [7, 11) is 1.63. The summed E-state index contributed by atoms with van der Waals surface area (Å²) in [5.74, 6) is 0. The largest absolute Gasteiger partial charge is 0.301 e. The molecule has 0 aliphatic rings. The molecule has 0 spiro atoms. The van der Waals surface area contributed by atoms with Gasteiger partial charge in [-0.1, -0.05) is 12.1 Å². The molecule has 1 N–H and O–H groups in total. The van der Waals surface area contributed by atoms with E-state index in [4.69, 9.17) is 5.26 Å². The van der Waals surface area contributed by atoms with Crippen molar-refractivity contribution in [3.05, 3.63) is 39.9 Å². The maximum atomic E-state index is 10.5. The van der Waals surface area contributed by atoms with E-state index in [9.17, 15) is 10.1 Å². The standard InChI is InChI=1S/C9H9N3O2/c1-11-9(6-10)7-3-2-4-8(5-7)12(13)14/h2-5,9,11H,1H3. The Labute approximate surface area is 81.1 Å². The second kappa shape index (κ2) is 4.35. The van der Waals surface area contributed by atoms with Crippen LogP contribution in [-0.2, 0) is 0 Å². The van der Waals surface area contributed by atoms with Crippen LogP contribution in [0, 0.1) is 21.4 Å². The van der Waals surface area contributed by atoms with Gasteiger partial charge in [-0.2, -0.15) is 5.26 Å². The van der Waals surface area contributed by atoms with E-state index in [1.165, 1.54) is 12.1 Å². The molecule has 0 aliphatic carbocycles. The number of benzene rings is 1. The van der Waals surface area contributed by atoms with Gasteiger partial charge in [-0.25, -0.2) is 0 Å². The molecule has 0 amide bonds. The Kier molecular flexibility index (Phi) is 3.15. The van der Waals surface area contributed by atoms with Crippen LogP contribution in [0.1, 0.15) is 11.6 Å². The second-order valence-corrected chi connectivity index (χ2v) is 2.70. The Morgan fingerprint density at radius 2 is 2.36 bits per heavy atom. The number of nitriles is 1. The van der Waals surface area contributed by atoms with E-state index in [0.29, 0.717) is 5.56 Å². The molecule has 0 radical (unpaired) electrons. The number of rotatable bonds is 3. The lowest BCUT2D eigenvalue weighted by Crippen LogP contribution is -2.14. The van der Waals surface area contributed by atoms with Crippen molar-refractivity contribution >= 4 is 5.69 Å². The Morgan fingerprint density at radius 3 is 2.86 bits per heavy atom. The minimum absolute atomic E-state index is 0.00185. The summed E-state index contributed by atoms with van der Waals surface area (Å²) in [6.45, 7) is 0. The van der Waals surface area contributed by atoms with Crippen molar-refractivity contribution < 1.29 is 4.92 Å². The van der Waals surface area contributed by atoms with Crippen LogP contribution >= 0.6 is 0 Å². The number of hydrogen-bond acceptors (Lipinski definition) is 4. The van der Waals surface area contributed by atoms with Crippen LogP contribution in [0.5, 0.6) is 0 Å². The summed E-state index contributed by atoms with van der Waals surface area (Å²) in [5, 5.41) is 21.9. The van der Waals surface area contributed by atoms with Crippen molar-refractivity contribution in [2.45, 2.75) is 6.04 Å². The summed E-state index contributed by atoms with van der Waals surface area (Å²) < 4.78 is 0. The fraction of sp³-hybridized carbons (Fsp3) is 0.222. The SMILES string of the molecule is CNC(C#N)c1cccc([N+](=O)[O-])c1. The van der Waals surface area contributed by atoms with Gasteiger partial charge in [0.2, 0.25) is 0 Å². The average Bonchev–Trinajstić information content (AvgIpc) is 2.20. The summed E-state index contributed by atoms with van der Waals surface area (Å²) in [4.78, 5) is 9.98. The Morgan fingerprint density at radius 1 is 1.64 bits per heavy atom. The van der Waals surface area contributed by atoms with Crippen molar-refractivity contribution in [3.63, 3.8) is 0 Å². The fourth-order valence-corrected chi connectivity index (χ4v) is 1.12. The zero-order valence-electron chi connectivity index (χ0n) is 7.60. The van der Waals surface area contributed by atoms with Crippen molar-refractivity contribution in [3.8, 4) is 6.07 Å². The molecule has 0 saturated heterocycles. The first-order chi connectivity index (χ1) is 6.69. The predicted molar refractivity (Wildman–Crippen MR) is 50.5 cm³/mol. The summed E-state index contributed by atoms with van der Waals surface area (Å²) in [6.07, 6.45) is 0. The van der Waals surface area contributed by atoms with E-state index in [0.717, 1.165) is 0 Å². The van der Waals surface area contributed by atoms with Crippen LogP contribution < -0.4 is 5.32 Å². The van der Waals surface area contributed by atoms with Crippen LogP contribution in [0.2, 0.25) is 0 Å². The highest BCUT2D eigenvalue weighted by Crippen LogP contribution is 2.18. The summed E-state index contributed by atoms with van der Waals surface area (Å²) in [5.41, 5.74) is 0.599. The molecule has 1 aromatic rings. The lowest BCUT2D eigenvalue weighted by Gasteiger charge is -2.06. The van der Waals surface area contributed by atoms with Gasteiger partial charge in [0, 0.05) is 12.1 Å². The minimum Gasteiger partial charge on any atom is -0.301 e. The molecule has 0 heterocycles. The Balaban J connectivity index is 3.06. The van der Waals surface area contributed by atoms with Gasteiger partial charge < -0.3 is 5.32 Å². The van der Waals surface area contributed by atoms with Gasteiger partial charge in [-0.15, -0.1) is 0 Å². The summed E-state index contributed by atoms with van der Waals surface area (Å²) in [6, 6.07) is 7.53. The van der Waals surface area contributed by atoms with Crippen molar-refractivity contribution in [1.82, 2.24) is 5.32 Å². The molecule has 0 aliphatic heterocycles. The number of nitrogens with one attached hydrogen (secondary N) is 1. The molecule has 5 heteroatoms. The maximum Gasteiger partial charge on any atom is 0.269 e. The van der Waals surface area contributed by atoms with E-state index < -0.39 is 11.0 Å². The van der Waals surface area contributed by atoms with E-state index in [1.54, 1.807) is 19.2 Å². The number of hydrogen-bond donors (Lipinski definition) is 1. The summed E-state index contributed by atoms with van der Waals surface area (Å²) >= 11 is 0. The van der Waals surface area contributed by atoms with E-state index >= 15 is 0 Å². The number of nitrogens with zero attached hydrogens (tertiary/aromatic N) is 2. The first-order valence-electron chi connectivity index (χ1n) is 4.00. The average molecular weight is 191 g/mol. The van der Waals surface area contributed by atoms with Gasteiger partial charge in [-0.05, 0) is 12.6 Å². The Hall–Kier alpha value is -1.93. The quantitative estimate of drug-likeness (QED) is 0.578. The molecule has 5 nitrogen and oxygen atoms in total. The van der Waals surface area contributed by atoms with Gasteiger partial charge in [0.15, 0.2) is 0 Å². The van der Waals surface area contributed by atoms with Crippen molar-refractivity contribution in [1.29, 1.82) is 5.26 Å². The van der Waals surface area contributed by atoms with Crippen LogP contribution in [0.4, 0.5) is 5.69 Å². The fourth-order valence-electron chi connectivity index (χ4n) is 1.12. The first kappa shape index (κ1) is 10.2. The predicted octanol–water partition coefficient (Wildman–Crippen LogP) is 1.38. The lowest BCUT2D eigenvalue weighted by atomic mass is 10.1. The smallest absolute Gasteiger partial charge is 0.269 e. The molecular formula is C9H9N3O2. The van der Waals surface area contributed by atoms with Crippen LogP contribution in [0.25, 0.3) is 0 Å². The highest BCUT2D eigenvalue weighted by molar-refractivity contribution is 5.37. The molecule has 0 aromatic heterocycles. The minimum atomic E-state index is -0.505. The van der Waals surface area contributed by atoms with E-state index in [2.05, 4.69) is 5.32 Å². The van der Waals surface area contributed by atoms with Crippen molar-refractivity contribution in [2.24, 2.45) is 0 Å². The number of nitro groups is 1. The van der Waals surface area contributed by atoms with E-state index in [1.807, 2.05) is 6.07 Å². The maximum absolute atomic E-state index is 10.5. The van der Waals surface area contributed by atoms with Gasteiger partial charge in [0.1, 0.15) is 6.04 Å². The van der Waals surface area contributed by atoms with Crippen molar-refractivity contribution in [2.75, 3.05) is 7.05 Å². The molecule has 0 bridgehead atoms. The topological polar surface area (TPSA) is 79.0 Å². The van der Waals surface area contributed by atoms with Gasteiger partial charge in [0.05, 0.1) is 11.0 Å². The molecule has 1 unspecified atom stereocenters. The third kappa shape index (κ3) is 2.06. The zero-order chi connectivity index (χ0) is 10.6. The van der Waals surface area contributed by atoms with Crippen LogP contribution in [0.15, 0.2) is 24.3 Å². The molecule has 1 aromatic carbocycles. The van der Waals surface area contributed by atoms with Crippen LogP contribution in [0.3, 0.4) is 0 Å². The molecule has 1 atom stereocenters. The van der Waals surface area contributed by atoms with Gasteiger partial charge in [-0.3, -0.25) is 10.1 Å². The molecule has 14 heavy (non-hydrogen) atoms. The zero-order valence-corrected chi connectivity index (χ0v) is 7.60. The molecule has 72 valence electrons. The first-order valence-corrected chi connectivity index (χ1v) is 4.00. The highest BCUT2D eigenvalue weighted by Gasteiger charge is 2.11. The molecule has 1 rings (SSSR count). The molecule has 0 fully saturated rings. The Bertz CT molecular complexity index is 384. The second-order valence-electron chi connectivity index (χ2n) is 2.70. The normalized spacial score (nSPS) is 11.7. The van der Waals surface area contributed by atoms with Crippen LogP contribution in [-0.4, -0.2) is 12.0 Å². The monoisotopic (exact) mass is 191 g/mol. The third-order valence-electron chi connectivity index (χ3n) is 1.83. The van der Waals surface area contributed by atoms with E-state index in [-0.39, 0.29) is 5.69 Å². The molecule has 0 saturated carbocycles. The lowest BCUT2D eigenvalue weighted by molar-refractivity contribution is -0.384. The van der Waals surface area contributed by atoms with Gasteiger partial charge >= 0.3 is 0 Å². The highest BCUT2D eigenvalue weighted by atomic mass is 16.6. The third-order valence-corrected chi connectivity index (χ3v) is 1.83. The number of nitro benzene ring substituents is 1. The molecular weight excluding hydrogens is 182 g/mol.